The third-order valence-corrected chi connectivity index (χ3v) is 4.11. The molecule has 0 aliphatic rings. The Bertz CT molecular complexity index is 815. The van der Waals surface area contributed by atoms with E-state index in [0.29, 0.717) is 23.4 Å². The molecule has 0 atom stereocenters. The molecule has 0 saturated heterocycles. The number of hydrogen-bond acceptors (Lipinski definition) is 4. The van der Waals surface area contributed by atoms with E-state index in [1.54, 1.807) is 6.92 Å². The fraction of sp³-hybridized carbons (Fsp3) is 0.316. The highest BCUT2D eigenvalue weighted by Gasteiger charge is 2.15. The van der Waals surface area contributed by atoms with E-state index in [0.717, 1.165) is 16.7 Å². The van der Waals surface area contributed by atoms with Crippen molar-refractivity contribution in [3.8, 4) is 5.75 Å². The van der Waals surface area contributed by atoms with Crippen molar-refractivity contribution < 1.29 is 14.5 Å². The van der Waals surface area contributed by atoms with Crippen LogP contribution in [0, 0.1) is 30.9 Å². The first-order chi connectivity index (χ1) is 11.8. The van der Waals surface area contributed by atoms with Crippen LogP contribution in [0.5, 0.6) is 5.75 Å². The zero-order chi connectivity index (χ0) is 18.6. The van der Waals surface area contributed by atoms with Gasteiger partial charge in [-0.25, -0.2) is 0 Å². The van der Waals surface area contributed by atoms with Gasteiger partial charge in [-0.15, -0.1) is 0 Å². The lowest BCUT2D eigenvalue weighted by Crippen LogP contribution is -2.21. The van der Waals surface area contributed by atoms with Gasteiger partial charge in [0.15, 0.2) is 6.61 Å². The van der Waals surface area contributed by atoms with Gasteiger partial charge in [-0.1, -0.05) is 13.0 Å². The molecule has 2 aromatic carbocycles. The van der Waals surface area contributed by atoms with Gasteiger partial charge >= 0.3 is 0 Å². The predicted molar refractivity (Wildman–Crippen MR) is 97.3 cm³/mol. The quantitative estimate of drug-likeness (QED) is 0.633. The van der Waals surface area contributed by atoms with E-state index >= 15 is 0 Å². The molecule has 25 heavy (non-hydrogen) atoms. The molecule has 1 N–H and O–H groups in total. The van der Waals surface area contributed by atoms with E-state index < -0.39 is 4.92 Å². The summed E-state index contributed by atoms with van der Waals surface area (Å²) in [6, 6.07) is 8.60. The van der Waals surface area contributed by atoms with E-state index in [1.807, 2.05) is 39.0 Å². The summed E-state index contributed by atoms with van der Waals surface area (Å²) in [6.45, 7) is 7.50. The number of anilines is 1. The highest BCUT2D eigenvalue weighted by Crippen LogP contribution is 2.27. The third-order valence-electron chi connectivity index (χ3n) is 4.11. The Morgan fingerprint density at radius 1 is 1.12 bits per heavy atom. The van der Waals surface area contributed by atoms with Crippen molar-refractivity contribution in [2.24, 2.45) is 0 Å². The lowest BCUT2D eigenvalue weighted by molar-refractivity contribution is -0.384. The average molecular weight is 342 g/mol. The number of ether oxygens (including phenoxy) is 1. The van der Waals surface area contributed by atoms with Gasteiger partial charge in [0.2, 0.25) is 0 Å². The number of aryl methyl sites for hydroxylation is 4. The average Bonchev–Trinajstić information content (AvgIpc) is 2.57. The molecular weight excluding hydrogens is 320 g/mol. The van der Waals surface area contributed by atoms with Crippen molar-refractivity contribution in [3.05, 3.63) is 62.7 Å². The van der Waals surface area contributed by atoms with Gasteiger partial charge in [-0.05, 0) is 61.6 Å². The van der Waals surface area contributed by atoms with Crippen molar-refractivity contribution in [3.63, 3.8) is 0 Å². The van der Waals surface area contributed by atoms with Crippen LogP contribution in [0.15, 0.2) is 30.3 Å². The van der Waals surface area contributed by atoms with Crippen LogP contribution in [0.4, 0.5) is 11.4 Å². The largest absolute Gasteiger partial charge is 0.484 e. The minimum absolute atomic E-state index is 0.0266. The number of hydrogen-bond donors (Lipinski definition) is 1. The SMILES string of the molecule is CCc1cc([N+](=O)[O-])cc(C)c1NC(=O)COc1ccc(C)c(C)c1. The van der Waals surface area contributed by atoms with Gasteiger partial charge in [0.05, 0.1) is 4.92 Å². The molecule has 2 rings (SSSR count). The first-order valence-corrected chi connectivity index (χ1v) is 8.09. The smallest absolute Gasteiger partial charge is 0.270 e. The van der Waals surface area contributed by atoms with E-state index in [-0.39, 0.29) is 18.2 Å². The molecule has 1 amide bonds. The van der Waals surface area contributed by atoms with Crippen LogP contribution in [-0.2, 0) is 11.2 Å². The number of nitro groups is 1. The van der Waals surface area contributed by atoms with Gasteiger partial charge in [-0.2, -0.15) is 0 Å². The number of rotatable bonds is 6. The normalized spacial score (nSPS) is 10.4. The van der Waals surface area contributed by atoms with E-state index in [2.05, 4.69) is 5.32 Å². The van der Waals surface area contributed by atoms with Crippen LogP contribution >= 0.6 is 0 Å². The van der Waals surface area contributed by atoms with E-state index in [4.69, 9.17) is 4.74 Å². The van der Waals surface area contributed by atoms with Crippen LogP contribution in [0.3, 0.4) is 0 Å². The number of carbonyl (C=O) groups excluding carboxylic acids is 1. The first kappa shape index (κ1) is 18.4. The van der Waals surface area contributed by atoms with Crippen LogP contribution in [-0.4, -0.2) is 17.4 Å². The van der Waals surface area contributed by atoms with Crippen molar-refractivity contribution in [2.45, 2.75) is 34.1 Å². The second kappa shape index (κ2) is 7.79. The molecule has 0 bridgehead atoms. The van der Waals surface area contributed by atoms with Crippen LogP contribution in [0.2, 0.25) is 0 Å². The number of amides is 1. The fourth-order valence-corrected chi connectivity index (χ4v) is 2.53. The summed E-state index contributed by atoms with van der Waals surface area (Å²) in [7, 11) is 0. The van der Waals surface area contributed by atoms with Crippen molar-refractivity contribution >= 4 is 17.3 Å². The Kier molecular flexibility index (Phi) is 5.75. The maximum absolute atomic E-state index is 12.2. The Hall–Kier alpha value is -2.89. The number of nitrogens with zero attached hydrogens (tertiary/aromatic N) is 1. The van der Waals surface area contributed by atoms with Crippen LogP contribution in [0.1, 0.15) is 29.2 Å². The van der Waals surface area contributed by atoms with Crippen molar-refractivity contribution in [2.75, 3.05) is 11.9 Å². The van der Waals surface area contributed by atoms with Crippen molar-refractivity contribution in [1.82, 2.24) is 0 Å². The highest BCUT2D eigenvalue weighted by molar-refractivity contribution is 5.93. The fourth-order valence-electron chi connectivity index (χ4n) is 2.53. The second-order valence-corrected chi connectivity index (χ2v) is 5.99. The lowest BCUT2D eigenvalue weighted by Gasteiger charge is -2.14. The molecule has 0 spiro atoms. The number of carbonyl (C=O) groups is 1. The molecule has 2 aromatic rings. The topological polar surface area (TPSA) is 81.5 Å². The summed E-state index contributed by atoms with van der Waals surface area (Å²) in [4.78, 5) is 22.7. The summed E-state index contributed by atoms with van der Waals surface area (Å²) in [5.41, 5.74) is 4.28. The Morgan fingerprint density at radius 3 is 2.44 bits per heavy atom. The molecule has 0 aromatic heterocycles. The minimum atomic E-state index is -0.430. The molecule has 0 unspecified atom stereocenters. The van der Waals surface area contributed by atoms with Crippen LogP contribution < -0.4 is 10.1 Å². The lowest BCUT2D eigenvalue weighted by atomic mass is 10.0. The minimum Gasteiger partial charge on any atom is -0.484 e. The molecule has 132 valence electrons. The second-order valence-electron chi connectivity index (χ2n) is 5.99. The summed E-state index contributed by atoms with van der Waals surface area (Å²) < 4.78 is 5.53. The van der Waals surface area contributed by atoms with Gasteiger partial charge in [0, 0.05) is 17.8 Å². The molecular formula is C19H22N2O4. The Balaban J connectivity index is 2.09. The maximum Gasteiger partial charge on any atom is 0.270 e. The van der Waals surface area contributed by atoms with Crippen molar-refractivity contribution in [1.29, 1.82) is 0 Å². The van der Waals surface area contributed by atoms with Gasteiger partial charge in [0.1, 0.15) is 5.75 Å². The summed E-state index contributed by atoms with van der Waals surface area (Å²) in [5.74, 6) is 0.333. The van der Waals surface area contributed by atoms with Crippen LogP contribution in [0.25, 0.3) is 0 Å². The molecule has 0 fully saturated rings. The predicted octanol–water partition coefficient (Wildman–Crippen LogP) is 4.10. The summed E-state index contributed by atoms with van der Waals surface area (Å²) >= 11 is 0. The maximum atomic E-state index is 12.2. The Morgan fingerprint density at radius 2 is 1.84 bits per heavy atom. The highest BCUT2D eigenvalue weighted by atomic mass is 16.6. The standard InChI is InChI=1S/C19H22N2O4/c1-5-15-10-16(21(23)24)8-14(4)19(15)20-18(22)11-25-17-7-6-12(2)13(3)9-17/h6-10H,5,11H2,1-4H3,(H,20,22). The zero-order valence-corrected chi connectivity index (χ0v) is 14.9. The van der Waals surface area contributed by atoms with E-state index in [9.17, 15) is 14.9 Å². The number of non-ortho nitro benzene ring substituents is 1. The third kappa shape index (κ3) is 4.56. The van der Waals surface area contributed by atoms with Gasteiger partial charge < -0.3 is 10.1 Å². The van der Waals surface area contributed by atoms with E-state index in [1.165, 1.54) is 12.1 Å². The summed E-state index contributed by atoms with van der Waals surface area (Å²) in [5, 5.41) is 13.8. The molecule has 0 aliphatic heterocycles. The van der Waals surface area contributed by atoms with Gasteiger partial charge in [0.25, 0.3) is 11.6 Å². The number of nitrogens with one attached hydrogen (secondary N) is 1. The van der Waals surface area contributed by atoms with Gasteiger partial charge in [-0.3, -0.25) is 14.9 Å². The monoisotopic (exact) mass is 342 g/mol. The molecule has 0 radical (unpaired) electrons. The molecule has 6 nitrogen and oxygen atoms in total. The number of nitro benzene ring substituents is 1. The first-order valence-electron chi connectivity index (χ1n) is 8.09. The molecule has 0 heterocycles. The molecule has 6 heteroatoms. The zero-order valence-electron chi connectivity index (χ0n) is 14.9. The molecule has 0 saturated carbocycles. The molecule has 0 aliphatic carbocycles. The summed E-state index contributed by atoms with van der Waals surface area (Å²) in [6.07, 6.45) is 0.580. The Labute approximate surface area is 147 Å². The number of benzene rings is 2.